The lowest BCUT2D eigenvalue weighted by Crippen LogP contribution is -1.79. The second-order valence-electron chi connectivity index (χ2n) is 3.48. The van der Waals surface area contributed by atoms with Crippen LogP contribution in [0.4, 0.5) is 0 Å². The van der Waals surface area contributed by atoms with Gasteiger partial charge >= 0.3 is 0 Å². The third-order valence-electron chi connectivity index (χ3n) is 2.05. The number of aryl methyl sites for hydroxylation is 2. The zero-order valence-corrected chi connectivity index (χ0v) is 10.5. The third-order valence-corrected chi connectivity index (χ3v) is 4.22. The smallest absolute Gasteiger partial charge is 0.103 e. The van der Waals surface area contributed by atoms with Crippen LogP contribution in [0, 0.1) is 13.8 Å². The van der Waals surface area contributed by atoms with Gasteiger partial charge in [0.15, 0.2) is 0 Å². The second-order valence-corrected chi connectivity index (χ2v) is 5.48. The predicted molar refractivity (Wildman–Crippen MR) is 67.6 cm³/mol. The number of aromatic nitrogens is 1. The van der Waals surface area contributed by atoms with E-state index in [9.17, 15) is 0 Å². The van der Waals surface area contributed by atoms with Gasteiger partial charge in [-0.15, -0.1) is 23.1 Å². The Morgan fingerprint density at radius 2 is 1.93 bits per heavy atom. The van der Waals surface area contributed by atoms with Crippen molar-refractivity contribution in [3.05, 3.63) is 45.9 Å². The highest BCUT2D eigenvalue weighted by Gasteiger charge is 1.99. The van der Waals surface area contributed by atoms with Crippen molar-refractivity contribution in [2.45, 2.75) is 24.5 Å². The Morgan fingerprint density at radius 3 is 2.53 bits per heavy atom. The fourth-order valence-corrected chi connectivity index (χ4v) is 2.94. The van der Waals surface area contributed by atoms with Crippen LogP contribution < -0.4 is 0 Å². The van der Waals surface area contributed by atoms with Crippen LogP contribution in [0.25, 0.3) is 0 Å². The number of hydrogen-bond acceptors (Lipinski definition) is 3. The van der Waals surface area contributed by atoms with E-state index in [1.54, 1.807) is 11.3 Å². The van der Waals surface area contributed by atoms with Gasteiger partial charge in [0, 0.05) is 16.0 Å². The topological polar surface area (TPSA) is 12.9 Å². The highest BCUT2D eigenvalue weighted by molar-refractivity contribution is 7.98. The van der Waals surface area contributed by atoms with E-state index in [-0.39, 0.29) is 0 Å². The lowest BCUT2D eigenvalue weighted by Gasteiger charge is -1.99. The van der Waals surface area contributed by atoms with E-state index in [4.69, 9.17) is 0 Å². The molecule has 0 atom stereocenters. The van der Waals surface area contributed by atoms with Crippen LogP contribution in [-0.2, 0) is 5.75 Å². The first-order valence-corrected chi connectivity index (χ1v) is 6.71. The average Bonchev–Trinajstić information content (AvgIpc) is 2.64. The molecule has 2 aromatic rings. The first-order chi connectivity index (χ1) is 7.24. The van der Waals surface area contributed by atoms with Crippen LogP contribution in [0.2, 0.25) is 0 Å². The molecule has 1 aromatic carbocycles. The molecule has 2 rings (SSSR count). The Labute approximate surface area is 98.6 Å². The molecule has 1 aromatic heterocycles. The number of hydrogen-bond donors (Lipinski definition) is 0. The van der Waals surface area contributed by atoms with Gasteiger partial charge in [-0.1, -0.05) is 17.7 Å². The highest BCUT2D eigenvalue weighted by Crippen LogP contribution is 2.24. The zero-order chi connectivity index (χ0) is 10.7. The Bertz CT molecular complexity index is 431. The molecule has 0 aliphatic heterocycles. The molecule has 0 spiro atoms. The first kappa shape index (κ1) is 10.7. The summed E-state index contributed by atoms with van der Waals surface area (Å²) < 4.78 is 0. The average molecular weight is 235 g/mol. The Kier molecular flexibility index (Phi) is 3.44. The van der Waals surface area contributed by atoms with E-state index in [0.29, 0.717) is 0 Å². The van der Waals surface area contributed by atoms with E-state index in [1.165, 1.54) is 15.5 Å². The molecule has 0 fully saturated rings. The molecule has 0 saturated heterocycles. The standard InChI is InChI=1S/C12H13NS2/c1-9-3-5-11(6-4-9)14-8-12-13-10(2)7-15-12/h3-7H,8H2,1-2H3. The van der Waals surface area contributed by atoms with Gasteiger partial charge in [0.2, 0.25) is 0 Å². The monoisotopic (exact) mass is 235 g/mol. The summed E-state index contributed by atoms with van der Waals surface area (Å²) in [5.74, 6) is 0.974. The molecule has 1 nitrogen and oxygen atoms in total. The van der Waals surface area contributed by atoms with Crippen LogP contribution >= 0.6 is 23.1 Å². The summed E-state index contributed by atoms with van der Waals surface area (Å²) in [6, 6.07) is 8.63. The fourth-order valence-electron chi connectivity index (χ4n) is 1.25. The van der Waals surface area contributed by atoms with E-state index in [2.05, 4.69) is 41.6 Å². The fraction of sp³-hybridized carbons (Fsp3) is 0.250. The number of nitrogens with zero attached hydrogens (tertiary/aromatic N) is 1. The van der Waals surface area contributed by atoms with Crippen molar-refractivity contribution in [2.75, 3.05) is 0 Å². The van der Waals surface area contributed by atoms with Gasteiger partial charge in [0.05, 0.1) is 5.75 Å². The van der Waals surface area contributed by atoms with Crippen molar-refractivity contribution in [1.29, 1.82) is 0 Å². The SMILES string of the molecule is Cc1ccc(SCc2nc(C)cs2)cc1. The molecule has 0 unspecified atom stereocenters. The minimum absolute atomic E-state index is 0.974. The van der Waals surface area contributed by atoms with E-state index in [1.807, 2.05) is 18.7 Å². The first-order valence-electron chi connectivity index (χ1n) is 4.84. The summed E-state index contributed by atoms with van der Waals surface area (Å²) >= 11 is 3.58. The molecule has 0 aliphatic carbocycles. The van der Waals surface area contributed by atoms with Gasteiger partial charge in [-0.05, 0) is 26.0 Å². The van der Waals surface area contributed by atoms with E-state index < -0.39 is 0 Å². The van der Waals surface area contributed by atoms with Gasteiger partial charge in [-0.25, -0.2) is 4.98 Å². The minimum Gasteiger partial charge on any atom is -0.246 e. The third kappa shape index (κ3) is 3.08. The van der Waals surface area contributed by atoms with Crippen LogP contribution in [0.1, 0.15) is 16.3 Å². The quantitative estimate of drug-likeness (QED) is 0.744. The molecule has 1 heterocycles. The van der Waals surface area contributed by atoms with Gasteiger partial charge in [0.25, 0.3) is 0 Å². The summed E-state index contributed by atoms with van der Waals surface area (Å²) in [4.78, 5) is 5.75. The summed E-state index contributed by atoms with van der Waals surface area (Å²) in [5, 5.41) is 3.31. The van der Waals surface area contributed by atoms with Crippen LogP contribution in [0.15, 0.2) is 34.5 Å². The van der Waals surface area contributed by atoms with E-state index in [0.717, 1.165) is 11.4 Å². The highest BCUT2D eigenvalue weighted by atomic mass is 32.2. The maximum Gasteiger partial charge on any atom is 0.103 e. The van der Waals surface area contributed by atoms with Crippen molar-refractivity contribution in [3.8, 4) is 0 Å². The second kappa shape index (κ2) is 4.81. The summed E-state index contributed by atoms with van der Waals surface area (Å²) in [7, 11) is 0. The maximum absolute atomic E-state index is 4.44. The largest absolute Gasteiger partial charge is 0.246 e. The summed E-state index contributed by atoms with van der Waals surface area (Å²) in [6.45, 7) is 4.15. The van der Waals surface area contributed by atoms with Crippen molar-refractivity contribution in [2.24, 2.45) is 0 Å². The van der Waals surface area contributed by atoms with Crippen LogP contribution in [-0.4, -0.2) is 4.98 Å². The molecule has 0 aliphatic rings. The van der Waals surface area contributed by atoms with Gasteiger partial charge in [-0.2, -0.15) is 0 Å². The summed E-state index contributed by atoms with van der Waals surface area (Å²) in [6.07, 6.45) is 0. The lowest BCUT2D eigenvalue weighted by atomic mass is 10.2. The minimum atomic E-state index is 0.974. The van der Waals surface area contributed by atoms with Crippen LogP contribution in [0.3, 0.4) is 0 Å². The van der Waals surface area contributed by atoms with Gasteiger partial charge in [-0.3, -0.25) is 0 Å². The maximum atomic E-state index is 4.44. The predicted octanol–water partition coefficient (Wildman–Crippen LogP) is 4.05. The Morgan fingerprint density at radius 1 is 1.20 bits per heavy atom. The molecular weight excluding hydrogens is 222 g/mol. The molecule has 3 heteroatoms. The van der Waals surface area contributed by atoms with Crippen molar-refractivity contribution >= 4 is 23.1 Å². The number of benzene rings is 1. The molecule has 0 saturated carbocycles. The van der Waals surface area contributed by atoms with Gasteiger partial charge in [0.1, 0.15) is 5.01 Å². The van der Waals surface area contributed by atoms with E-state index >= 15 is 0 Å². The number of thioether (sulfide) groups is 1. The molecule has 15 heavy (non-hydrogen) atoms. The molecule has 0 N–H and O–H groups in total. The van der Waals surface area contributed by atoms with Gasteiger partial charge < -0.3 is 0 Å². The molecule has 78 valence electrons. The zero-order valence-electron chi connectivity index (χ0n) is 8.86. The number of thiazole rings is 1. The van der Waals surface area contributed by atoms with Crippen molar-refractivity contribution in [3.63, 3.8) is 0 Å². The molecular formula is C12H13NS2. The molecule has 0 amide bonds. The Hall–Kier alpha value is -0.800. The number of rotatable bonds is 3. The lowest BCUT2D eigenvalue weighted by molar-refractivity contribution is 1.18. The normalized spacial score (nSPS) is 10.5. The summed E-state index contributed by atoms with van der Waals surface area (Å²) in [5.41, 5.74) is 2.43. The van der Waals surface area contributed by atoms with Crippen molar-refractivity contribution in [1.82, 2.24) is 4.98 Å². The molecule has 0 radical (unpaired) electrons. The van der Waals surface area contributed by atoms with Crippen LogP contribution in [0.5, 0.6) is 0 Å². The Balaban J connectivity index is 1.96. The molecule has 0 bridgehead atoms. The van der Waals surface area contributed by atoms with Crippen molar-refractivity contribution < 1.29 is 0 Å².